The molecule has 10 nitrogen and oxygen atoms in total. The first kappa shape index (κ1) is 21.7. The number of carbonyl (C=O) groups is 2. The maximum Gasteiger partial charge on any atom is 0.339 e. The van der Waals surface area contributed by atoms with Crippen LogP contribution in [0.5, 0.6) is 0 Å². The quantitative estimate of drug-likeness (QED) is 0.647. The van der Waals surface area contributed by atoms with Crippen LogP contribution < -0.4 is 10.9 Å². The lowest BCUT2D eigenvalue weighted by atomic mass is 10.2. The lowest BCUT2D eigenvalue weighted by molar-refractivity contribution is -0.116. The molecule has 0 aliphatic carbocycles. The van der Waals surface area contributed by atoms with Crippen LogP contribution in [0.1, 0.15) is 10.4 Å². The van der Waals surface area contributed by atoms with Crippen LogP contribution in [-0.4, -0.2) is 62.6 Å². The number of morpholine rings is 1. The number of nitrogens with one attached hydrogen (secondary N) is 1. The van der Waals surface area contributed by atoms with E-state index < -0.39 is 38.9 Å². The first-order valence-electron chi connectivity index (χ1n) is 9.09. The van der Waals surface area contributed by atoms with Crippen molar-refractivity contribution in [2.75, 3.05) is 38.7 Å². The van der Waals surface area contributed by atoms with Crippen LogP contribution in [0.4, 0.5) is 5.69 Å². The van der Waals surface area contributed by atoms with Crippen molar-refractivity contribution < 1.29 is 27.5 Å². The highest BCUT2D eigenvalue weighted by atomic mass is 32.2. The fourth-order valence-corrected chi connectivity index (χ4v) is 4.48. The number of esters is 1. The monoisotopic (exact) mass is 435 g/mol. The van der Waals surface area contributed by atoms with Crippen molar-refractivity contribution >= 4 is 27.6 Å². The SMILES string of the molecule is COC(=O)c1ccccc1NC(=O)Cn1cccc(S(=O)(=O)N2CCOCC2)c1=O. The van der Waals surface area contributed by atoms with Gasteiger partial charge in [0.05, 0.1) is 31.6 Å². The average molecular weight is 435 g/mol. The summed E-state index contributed by atoms with van der Waals surface area (Å²) in [5, 5.41) is 2.55. The summed E-state index contributed by atoms with van der Waals surface area (Å²) in [4.78, 5) is 36.6. The Morgan fingerprint density at radius 2 is 1.83 bits per heavy atom. The minimum Gasteiger partial charge on any atom is -0.465 e. The summed E-state index contributed by atoms with van der Waals surface area (Å²) in [5.74, 6) is -1.23. The average Bonchev–Trinajstić information content (AvgIpc) is 2.75. The summed E-state index contributed by atoms with van der Waals surface area (Å²) in [5.41, 5.74) is -0.427. The molecule has 1 fully saturated rings. The van der Waals surface area contributed by atoms with E-state index in [1.807, 2.05) is 0 Å². The minimum atomic E-state index is -4.00. The second-order valence-corrected chi connectivity index (χ2v) is 8.31. The van der Waals surface area contributed by atoms with Crippen LogP contribution in [0.2, 0.25) is 0 Å². The van der Waals surface area contributed by atoms with Crippen molar-refractivity contribution in [3.8, 4) is 0 Å². The van der Waals surface area contributed by atoms with Crippen LogP contribution in [0.3, 0.4) is 0 Å². The Kier molecular flexibility index (Phi) is 6.65. The van der Waals surface area contributed by atoms with E-state index in [9.17, 15) is 22.8 Å². The molecular weight excluding hydrogens is 414 g/mol. The van der Waals surface area contributed by atoms with E-state index in [0.29, 0.717) is 0 Å². The predicted octanol–water partition coefficient (Wildman–Crippen LogP) is 0.294. The number of hydrogen-bond donors (Lipinski definition) is 1. The van der Waals surface area contributed by atoms with E-state index >= 15 is 0 Å². The molecule has 30 heavy (non-hydrogen) atoms. The minimum absolute atomic E-state index is 0.154. The van der Waals surface area contributed by atoms with Gasteiger partial charge >= 0.3 is 5.97 Å². The molecule has 0 unspecified atom stereocenters. The van der Waals surface area contributed by atoms with Crippen molar-refractivity contribution in [3.05, 3.63) is 58.5 Å². The van der Waals surface area contributed by atoms with Crippen molar-refractivity contribution in [1.29, 1.82) is 0 Å². The molecule has 0 bridgehead atoms. The number of rotatable bonds is 6. The lowest BCUT2D eigenvalue weighted by Crippen LogP contribution is -2.43. The van der Waals surface area contributed by atoms with E-state index in [1.54, 1.807) is 12.1 Å². The van der Waals surface area contributed by atoms with Crippen LogP contribution >= 0.6 is 0 Å². The molecule has 1 N–H and O–H groups in total. The van der Waals surface area contributed by atoms with Crippen LogP contribution in [-0.2, 0) is 30.8 Å². The van der Waals surface area contributed by atoms with Gasteiger partial charge in [-0.3, -0.25) is 9.59 Å². The third kappa shape index (κ3) is 4.58. The van der Waals surface area contributed by atoms with Gasteiger partial charge in [0.2, 0.25) is 15.9 Å². The summed E-state index contributed by atoms with van der Waals surface area (Å²) in [6.07, 6.45) is 1.33. The zero-order chi connectivity index (χ0) is 21.7. The van der Waals surface area contributed by atoms with Crippen molar-refractivity contribution in [3.63, 3.8) is 0 Å². The standard InChI is InChI=1S/C19H21N3O7S/c1-28-19(25)14-5-2-3-6-15(14)20-17(23)13-21-8-4-7-16(18(21)24)30(26,27)22-9-11-29-12-10-22/h2-8H,9-13H2,1H3,(H,20,23). The van der Waals surface area contributed by atoms with Gasteiger partial charge in [-0.25, -0.2) is 13.2 Å². The van der Waals surface area contributed by atoms with Crippen LogP contribution in [0.25, 0.3) is 0 Å². The molecule has 1 amide bonds. The molecule has 0 saturated carbocycles. The molecule has 0 atom stereocenters. The Bertz CT molecular complexity index is 1110. The Labute approximate surface area is 173 Å². The number of benzene rings is 1. The predicted molar refractivity (Wildman–Crippen MR) is 107 cm³/mol. The number of hydrogen-bond acceptors (Lipinski definition) is 7. The van der Waals surface area contributed by atoms with E-state index in [1.165, 1.54) is 41.9 Å². The maximum atomic E-state index is 12.8. The summed E-state index contributed by atoms with van der Waals surface area (Å²) in [6, 6.07) is 8.87. The highest BCUT2D eigenvalue weighted by molar-refractivity contribution is 7.89. The van der Waals surface area contributed by atoms with E-state index in [4.69, 9.17) is 4.74 Å². The molecule has 2 heterocycles. The summed E-state index contributed by atoms with van der Waals surface area (Å²) < 4.78 is 37.6. The number of ether oxygens (including phenoxy) is 2. The smallest absolute Gasteiger partial charge is 0.339 e. The number of aromatic nitrogens is 1. The molecule has 1 aliphatic rings. The van der Waals surface area contributed by atoms with Gasteiger partial charge in [-0.2, -0.15) is 4.31 Å². The number of sulfonamides is 1. The Morgan fingerprint density at radius 3 is 2.53 bits per heavy atom. The number of para-hydroxylation sites is 1. The maximum absolute atomic E-state index is 12.8. The molecule has 3 rings (SSSR count). The van der Waals surface area contributed by atoms with Gasteiger partial charge in [-0.1, -0.05) is 12.1 Å². The lowest BCUT2D eigenvalue weighted by Gasteiger charge is -2.25. The molecule has 0 radical (unpaired) electrons. The highest BCUT2D eigenvalue weighted by Crippen LogP contribution is 2.16. The highest BCUT2D eigenvalue weighted by Gasteiger charge is 2.29. The number of nitrogens with zero attached hydrogens (tertiary/aromatic N) is 2. The third-order valence-corrected chi connectivity index (χ3v) is 6.41. The van der Waals surface area contributed by atoms with Gasteiger partial charge in [0.25, 0.3) is 5.56 Å². The van der Waals surface area contributed by atoms with Gasteiger partial charge in [0.1, 0.15) is 11.4 Å². The largest absolute Gasteiger partial charge is 0.465 e. The van der Waals surface area contributed by atoms with Gasteiger partial charge in [0, 0.05) is 19.3 Å². The molecule has 1 aliphatic heterocycles. The zero-order valence-corrected chi connectivity index (χ0v) is 17.1. The normalized spacial score (nSPS) is 14.8. The molecule has 1 aromatic carbocycles. The molecule has 160 valence electrons. The van der Waals surface area contributed by atoms with Gasteiger partial charge < -0.3 is 19.4 Å². The van der Waals surface area contributed by atoms with E-state index in [2.05, 4.69) is 10.1 Å². The van der Waals surface area contributed by atoms with Crippen molar-refractivity contribution in [2.24, 2.45) is 0 Å². The summed E-state index contributed by atoms with van der Waals surface area (Å²) in [6.45, 7) is 0.383. The van der Waals surface area contributed by atoms with E-state index in [0.717, 1.165) is 4.57 Å². The van der Waals surface area contributed by atoms with Crippen molar-refractivity contribution in [2.45, 2.75) is 11.4 Å². The Morgan fingerprint density at radius 1 is 1.13 bits per heavy atom. The first-order chi connectivity index (χ1) is 14.3. The number of anilines is 1. The number of carbonyl (C=O) groups excluding carboxylic acids is 2. The molecule has 0 spiro atoms. The number of pyridine rings is 1. The first-order valence-corrected chi connectivity index (χ1v) is 10.5. The molecule has 11 heteroatoms. The molecular formula is C19H21N3O7S. The Hall–Kier alpha value is -3.02. The fourth-order valence-electron chi connectivity index (χ4n) is 2.99. The second kappa shape index (κ2) is 9.20. The zero-order valence-electron chi connectivity index (χ0n) is 16.2. The van der Waals surface area contributed by atoms with Crippen molar-refractivity contribution in [1.82, 2.24) is 8.87 Å². The van der Waals surface area contributed by atoms with Gasteiger partial charge in [0.15, 0.2) is 0 Å². The van der Waals surface area contributed by atoms with Crippen LogP contribution in [0, 0.1) is 0 Å². The van der Waals surface area contributed by atoms with E-state index in [-0.39, 0.29) is 37.6 Å². The van der Waals surface area contributed by atoms with Crippen LogP contribution in [0.15, 0.2) is 52.3 Å². The summed E-state index contributed by atoms with van der Waals surface area (Å²) >= 11 is 0. The molecule has 1 saturated heterocycles. The second-order valence-electron chi connectivity index (χ2n) is 6.41. The number of amides is 1. The molecule has 2 aromatic rings. The third-order valence-electron chi connectivity index (χ3n) is 4.49. The van der Waals surface area contributed by atoms with Gasteiger partial charge in [-0.15, -0.1) is 0 Å². The fraction of sp³-hybridized carbons (Fsp3) is 0.316. The summed E-state index contributed by atoms with van der Waals surface area (Å²) in [7, 11) is -2.78. The Balaban J connectivity index is 1.82. The molecule has 1 aromatic heterocycles. The topological polar surface area (TPSA) is 124 Å². The van der Waals surface area contributed by atoms with Gasteiger partial charge in [-0.05, 0) is 24.3 Å². The number of methoxy groups -OCH3 is 1.